The average Bonchev–Trinajstić information content (AvgIpc) is 2.62. The van der Waals surface area contributed by atoms with Gasteiger partial charge in [0.1, 0.15) is 5.60 Å². The Balaban J connectivity index is 2.06. The lowest BCUT2D eigenvalue weighted by Crippen LogP contribution is -2.36. The van der Waals surface area contributed by atoms with Crippen molar-refractivity contribution in [2.75, 3.05) is 0 Å². The van der Waals surface area contributed by atoms with Crippen LogP contribution in [0.3, 0.4) is 0 Å². The van der Waals surface area contributed by atoms with Crippen molar-refractivity contribution in [1.29, 1.82) is 0 Å². The van der Waals surface area contributed by atoms with Gasteiger partial charge in [-0.2, -0.15) is 0 Å². The molecule has 0 amide bonds. The highest BCUT2D eigenvalue weighted by Gasteiger charge is 2.60. The fourth-order valence-electron chi connectivity index (χ4n) is 2.11. The zero-order valence-electron chi connectivity index (χ0n) is 7.71. The molecule has 12 heavy (non-hydrogen) atoms. The van der Waals surface area contributed by atoms with Crippen molar-refractivity contribution in [2.24, 2.45) is 5.92 Å². The molecule has 68 valence electrons. The molecule has 4 atom stereocenters. The summed E-state index contributed by atoms with van der Waals surface area (Å²) in [5.41, 5.74) is 0.956. The minimum Gasteiger partial charge on any atom is -0.390 e. The molecule has 1 aliphatic heterocycles. The smallest absolute Gasteiger partial charge is 0.118 e. The number of epoxide rings is 1. The van der Waals surface area contributed by atoms with Crippen molar-refractivity contribution in [1.82, 2.24) is 0 Å². The minimum atomic E-state index is -0.294. The van der Waals surface area contributed by atoms with E-state index in [1.54, 1.807) is 0 Å². The summed E-state index contributed by atoms with van der Waals surface area (Å²) < 4.78 is 5.47. The number of aliphatic hydroxyl groups excluding tert-OH is 1. The van der Waals surface area contributed by atoms with E-state index in [1.165, 1.54) is 5.57 Å². The Bertz CT molecular complexity index is 224. The number of aliphatic hydroxyl groups is 1. The number of hydrogen-bond donors (Lipinski definition) is 1. The fourth-order valence-corrected chi connectivity index (χ4v) is 2.11. The van der Waals surface area contributed by atoms with Crippen molar-refractivity contribution in [3.05, 3.63) is 12.2 Å². The lowest BCUT2D eigenvalue weighted by molar-refractivity contribution is 0.0641. The maximum Gasteiger partial charge on any atom is 0.118 e. The topological polar surface area (TPSA) is 32.8 Å². The second kappa shape index (κ2) is 2.33. The Morgan fingerprint density at radius 1 is 1.58 bits per heavy atom. The highest BCUT2D eigenvalue weighted by atomic mass is 16.6. The first-order valence-electron chi connectivity index (χ1n) is 4.55. The molecule has 0 bridgehead atoms. The predicted molar refractivity (Wildman–Crippen MR) is 46.8 cm³/mol. The summed E-state index contributed by atoms with van der Waals surface area (Å²) >= 11 is 0. The fraction of sp³-hybridized carbons (Fsp3) is 0.800. The molecule has 1 saturated carbocycles. The van der Waals surface area contributed by atoms with Crippen LogP contribution < -0.4 is 0 Å². The van der Waals surface area contributed by atoms with Crippen LogP contribution in [0, 0.1) is 5.92 Å². The molecular weight excluding hydrogens is 152 g/mol. The molecule has 0 aromatic heterocycles. The second-order valence-electron chi connectivity index (χ2n) is 4.32. The summed E-state index contributed by atoms with van der Waals surface area (Å²) in [5, 5.41) is 9.73. The van der Waals surface area contributed by atoms with Gasteiger partial charge in [0.2, 0.25) is 0 Å². The number of ether oxygens (including phenoxy) is 1. The maximum absolute atomic E-state index is 9.73. The standard InChI is InChI=1S/C10H16O2/c1-6(2)7-4-8(11)10(3)9(5-7)12-10/h7-9,11H,1,4-5H2,2-3H3/t7-,8?,9?,10-/m0/s1. The number of allylic oxidation sites excluding steroid dienone is 1. The largest absolute Gasteiger partial charge is 0.390 e. The van der Waals surface area contributed by atoms with Crippen molar-refractivity contribution in [2.45, 2.75) is 44.5 Å². The molecule has 0 spiro atoms. The van der Waals surface area contributed by atoms with E-state index in [4.69, 9.17) is 4.74 Å². The summed E-state index contributed by atoms with van der Waals surface area (Å²) in [6.45, 7) is 7.95. The van der Waals surface area contributed by atoms with Crippen LogP contribution in [0.2, 0.25) is 0 Å². The SMILES string of the molecule is C=C(C)[C@H]1CC(O)[C@]2(C)OC2C1. The van der Waals surface area contributed by atoms with Crippen LogP contribution in [0.15, 0.2) is 12.2 Å². The summed E-state index contributed by atoms with van der Waals surface area (Å²) in [5.74, 6) is 0.459. The molecule has 0 radical (unpaired) electrons. The Labute approximate surface area is 73.2 Å². The highest BCUT2D eigenvalue weighted by molar-refractivity contribution is 5.14. The van der Waals surface area contributed by atoms with Gasteiger partial charge >= 0.3 is 0 Å². The van der Waals surface area contributed by atoms with Gasteiger partial charge in [0.05, 0.1) is 12.2 Å². The average molecular weight is 168 g/mol. The highest BCUT2D eigenvalue weighted by Crippen LogP contribution is 2.50. The maximum atomic E-state index is 9.73. The van der Waals surface area contributed by atoms with E-state index in [9.17, 15) is 5.11 Å². The van der Waals surface area contributed by atoms with Gasteiger partial charge in [-0.25, -0.2) is 0 Å². The van der Waals surface area contributed by atoms with Gasteiger partial charge in [-0.3, -0.25) is 0 Å². The summed E-state index contributed by atoms with van der Waals surface area (Å²) in [4.78, 5) is 0. The third-order valence-electron chi connectivity index (χ3n) is 3.34. The lowest BCUT2D eigenvalue weighted by Gasteiger charge is -2.27. The van der Waals surface area contributed by atoms with Gasteiger partial charge in [0.25, 0.3) is 0 Å². The first-order chi connectivity index (χ1) is 5.54. The molecule has 1 N–H and O–H groups in total. The molecule has 0 aromatic carbocycles. The monoisotopic (exact) mass is 168 g/mol. The molecule has 1 aliphatic carbocycles. The van der Waals surface area contributed by atoms with Gasteiger partial charge < -0.3 is 9.84 Å². The zero-order valence-corrected chi connectivity index (χ0v) is 7.71. The number of fused-ring (bicyclic) bond motifs is 1. The van der Waals surface area contributed by atoms with Gasteiger partial charge in [-0.15, -0.1) is 0 Å². The predicted octanol–water partition coefficient (Wildman–Crippen LogP) is 1.49. The molecule has 2 fully saturated rings. The minimum absolute atomic E-state index is 0.216. The van der Waals surface area contributed by atoms with E-state index in [0.717, 1.165) is 12.8 Å². The quantitative estimate of drug-likeness (QED) is 0.475. The van der Waals surface area contributed by atoms with Crippen LogP contribution in [0.5, 0.6) is 0 Å². The third kappa shape index (κ3) is 1.02. The van der Waals surface area contributed by atoms with Crippen LogP contribution in [0.25, 0.3) is 0 Å². The summed E-state index contributed by atoms with van der Waals surface area (Å²) in [7, 11) is 0. The van der Waals surface area contributed by atoms with Crippen molar-refractivity contribution < 1.29 is 9.84 Å². The van der Waals surface area contributed by atoms with Crippen LogP contribution in [-0.2, 0) is 4.74 Å². The molecule has 0 aromatic rings. The number of rotatable bonds is 1. The van der Waals surface area contributed by atoms with E-state index in [1.807, 2.05) is 13.8 Å². The van der Waals surface area contributed by atoms with Gasteiger partial charge in [-0.05, 0) is 32.6 Å². The molecular formula is C10H16O2. The van der Waals surface area contributed by atoms with Gasteiger partial charge in [0, 0.05) is 0 Å². The van der Waals surface area contributed by atoms with Crippen molar-refractivity contribution in [3.63, 3.8) is 0 Å². The van der Waals surface area contributed by atoms with E-state index >= 15 is 0 Å². The van der Waals surface area contributed by atoms with Crippen molar-refractivity contribution in [3.8, 4) is 0 Å². The number of hydrogen-bond acceptors (Lipinski definition) is 2. The van der Waals surface area contributed by atoms with E-state index < -0.39 is 0 Å². The second-order valence-corrected chi connectivity index (χ2v) is 4.32. The van der Waals surface area contributed by atoms with E-state index in [2.05, 4.69) is 6.58 Å². The normalized spacial score (nSPS) is 51.4. The van der Waals surface area contributed by atoms with Crippen molar-refractivity contribution >= 4 is 0 Å². The molecule has 2 nitrogen and oxygen atoms in total. The zero-order chi connectivity index (χ0) is 8.93. The summed E-state index contributed by atoms with van der Waals surface area (Å²) in [6, 6.07) is 0. The molecule has 2 heteroatoms. The van der Waals surface area contributed by atoms with E-state index in [-0.39, 0.29) is 17.8 Å². The molecule has 2 unspecified atom stereocenters. The van der Waals surface area contributed by atoms with E-state index in [0.29, 0.717) is 5.92 Å². The van der Waals surface area contributed by atoms with Crippen LogP contribution in [0.4, 0.5) is 0 Å². The van der Waals surface area contributed by atoms with Crippen LogP contribution in [0.1, 0.15) is 26.7 Å². The Morgan fingerprint density at radius 2 is 2.25 bits per heavy atom. The molecule has 1 heterocycles. The Hall–Kier alpha value is -0.340. The first kappa shape index (κ1) is 8.27. The Kier molecular flexibility index (Phi) is 1.61. The lowest BCUT2D eigenvalue weighted by atomic mass is 9.78. The van der Waals surface area contributed by atoms with Crippen LogP contribution >= 0.6 is 0 Å². The van der Waals surface area contributed by atoms with Crippen LogP contribution in [-0.4, -0.2) is 22.9 Å². The molecule has 1 saturated heterocycles. The van der Waals surface area contributed by atoms with Gasteiger partial charge in [-0.1, -0.05) is 12.2 Å². The van der Waals surface area contributed by atoms with Gasteiger partial charge in [0.15, 0.2) is 0 Å². The molecule has 2 aliphatic rings. The molecule has 2 rings (SSSR count). The first-order valence-corrected chi connectivity index (χ1v) is 4.55. The third-order valence-corrected chi connectivity index (χ3v) is 3.34. The summed E-state index contributed by atoms with van der Waals surface area (Å²) in [6.07, 6.45) is 1.85. The Morgan fingerprint density at radius 3 is 2.75 bits per heavy atom.